The molecule has 0 saturated carbocycles. The maximum absolute atomic E-state index is 12.4. The number of sulfonamides is 1. The summed E-state index contributed by atoms with van der Waals surface area (Å²) in [5.41, 5.74) is 0.381. The Kier molecular flexibility index (Phi) is 5.66. The van der Waals surface area contributed by atoms with Crippen LogP contribution in [-0.2, 0) is 24.4 Å². The van der Waals surface area contributed by atoms with E-state index in [0.29, 0.717) is 18.5 Å². The number of imide groups is 1. The molecule has 1 aliphatic carbocycles. The molecular weight excluding hydrogens is 382 g/mol. The minimum absolute atomic E-state index is 0.0840. The summed E-state index contributed by atoms with van der Waals surface area (Å²) in [5, 5.41) is 2.59. The summed E-state index contributed by atoms with van der Waals surface area (Å²) in [5.74, 6) is -1.87. The highest BCUT2D eigenvalue weighted by Gasteiger charge is 2.47. The van der Waals surface area contributed by atoms with E-state index in [1.807, 2.05) is 12.2 Å². The zero-order chi connectivity index (χ0) is 20.5. The Morgan fingerprint density at radius 3 is 2.11 bits per heavy atom. The number of nitrogens with zero attached hydrogens (tertiary/aromatic N) is 1. The number of fused-ring (bicyclic) bond motifs is 1. The van der Waals surface area contributed by atoms with Gasteiger partial charge < -0.3 is 5.32 Å². The van der Waals surface area contributed by atoms with Crippen LogP contribution in [0.1, 0.15) is 26.7 Å². The number of carbonyl (C=O) groups excluding carboxylic acids is 3. The predicted molar refractivity (Wildman–Crippen MR) is 103 cm³/mol. The fourth-order valence-electron chi connectivity index (χ4n) is 3.46. The highest BCUT2D eigenvalue weighted by molar-refractivity contribution is 7.89. The fourth-order valence-corrected chi connectivity index (χ4v) is 4.72. The van der Waals surface area contributed by atoms with Gasteiger partial charge in [0.05, 0.1) is 16.7 Å². The van der Waals surface area contributed by atoms with Crippen LogP contribution in [0, 0.1) is 11.8 Å². The molecule has 0 unspecified atom stereocenters. The Morgan fingerprint density at radius 1 is 1.07 bits per heavy atom. The lowest BCUT2D eigenvalue weighted by molar-refractivity contribution is -0.142. The average molecular weight is 405 g/mol. The van der Waals surface area contributed by atoms with Gasteiger partial charge in [0.2, 0.25) is 27.7 Å². The van der Waals surface area contributed by atoms with Gasteiger partial charge in [0, 0.05) is 11.7 Å². The van der Waals surface area contributed by atoms with E-state index < -0.39 is 15.9 Å². The third-order valence-corrected chi connectivity index (χ3v) is 6.41. The number of rotatable bonds is 6. The quantitative estimate of drug-likeness (QED) is 0.547. The van der Waals surface area contributed by atoms with Gasteiger partial charge in [-0.2, -0.15) is 0 Å². The minimum atomic E-state index is -3.62. The molecule has 1 aromatic carbocycles. The topological polar surface area (TPSA) is 113 Å². The molecule has 150 valence electrons. The summed E-state index contributed by atoms with van der Waals surface area (Å²) in [6, 6.07) is 5.45. The number of carbonyl (C=O) groups is 3. The van der Waals surface area contributed by atoms with E-state index in [9.17, 15) is 22.8 Å². The van der Waals surface area contributed by atoms with Gasteiger partial charge in [-0.25, -0.2) is 13.1 Å². The van der Waals surface area contributed by atoms with E-state index in [1.54, 1.807) is 13.8 Å². The molecule has 2 N–H and O–H groups in total. The normalized spacial score (nSPS) is 21.9. The van der Waals surface area contributed by atoms with Gasteiger partial charge in [-0.15, -0.1) is 0 Å². The lowest BCUT2D eigenvalue weighted by atomic mass is 9.85. The van der Waals surface area contributed by atoms with E-state index in [4.69, 9.17) is 0 Å². The first kappa shape index (κ1) is 20.2. The van der Waals surface area contributed by atoms with E-state index in [0.717, 1.165) is 4.90 Å². The second-order valence-corrected chi connectivity index (χ2v) is 8.98. The molecule has 0 spiro atoms. The first-order valence-corrected chi connectivity index (χ1v) is 10.6. The van der Waals surface area contributed by atoms with E-state index >= 15 is 0 Å². The van der Waals surface area contributed by atoms with Crippen molar-refractivity contribution in [2.45, 2.75) is 37.6 Å². The van der Waals surface area contributed by atoms with Gasteiger partial charge in [0.1, 0.15) is 6.54 Å². The van der Waals surface area contributed by atoms with Crippen LogP contribution in [0.2, 0.25) is 0 Å². The monoisotopic (exact) mass is 405 g/mol. The summed E-state index contributed by atoms with van der Waals surface area (Å²) in [4.78, 5) is 38.2. The van der Waals surface area contributed by atoms with Crippen LogP contribution in [-0.4, -0.2) is 43.6 Å². The fraction of sp³-hybridized carbons (Fsp3) is 0.421. The van der Waals surface area contributed by atoms with Crippen molar-refractivity contribution < 1.29 is 22.8 Å². The first-order chi connectivity index (χ1) is 13.2. The number of anilines is 1. The van der Waals surface area contributed by atoms with Crippen LogP contribution in [0.5, 0.6) is 0 Å². The van der Waals surface area contributed by atoms with Crippen molar-refractivity contribution in [1.82, 2.24) is 9.62 Å². The number of benzene rings is 1. The van der Waals surface area contributed by atoms with Crippen molar-refractivity contribution in [2.75, 3.05) is 11.9 Å². The summed E-state index contributed by atoms with van der Waals surface area (Å²) < 4.78 is 26.7. The van der Waals surface area contributed by atoms with Gasteiger partial charge in [-0.05, 0) is 51.0 Å². The molecule has 1 fully saturated rings. The minimum Gasteiger partial charge on any atom is -0.325 e. The van der Waals surface area contributed by atoms with Gasteiger partial charge in [-0.1, -0.05) is 12.2 Å². The number of hydrogen-bond donors (Lipinski definition) is 2. The lowest BCUT2D eigenvalue weighted by Gasteiger charge is -2.15. The summed E-state index contributed by atoms with van der Waals surface area (Å²) in [6.45, 7) is 3.10. The molecule has 2 aliphatic rings. The van der Waals surface area contributed by atoms with Crippen molar-refractivity contribution in [2.24, 2.45) is 11.8 Å². The second kappa shape index (κ2) is 7.84. The van der Waals surface area contributed by atoms with Crippen LogP contribution in [0.4, 0.5) is 5.69 Å². The molecule has 0 aromatic heterocycles. The van der Waals surface area contributed by atoms with E-state index in [2.05, 4.69) is 10.0 Å². The van der Waals surface area contributed by atoms with Gasteiger partial charge >= 0.3 is 0 Å². The molecule has 1 aromatic rings. The van der Waals surface area contributed by atoms with Crippen LogP contribution < -0.4 is 10.0 Å². The smallest absolute Gasteiger partial charge is 0.244 e. The molecule has 0 radical (unpaired) electrons. The highest BCUT2D eigenvalue weighted by Crippen LogP contribution is 2.34. The highest BCUT2D eigenvalue weighted by atomic mass is 32.2. The van der Waals surface area contributed by atoms with Crippen molar-refractivity contribution in [3.05, 3.63) is 36.4 Å². The number of nitrogens with one attached hydrogen (secondary N) is 2. The summed E-state index contributed by atoms with van der Waals surface area (Å²) in [7, 11) is -3.62. The molecule has 2 atom stereocenters. The zero-order valence-electron chi connectivity index (χ0n) is 15.7. The predicted octanol–water partition coefficient (Wildman–Crippen LogP) is 1.26. The second-order valence-electron chi connectivity index (χ2n) is 7.27. The molecule has 1 saturated heterocycles. The standard InChI is InChI=1S/C19H23N3O5S/c1-12(2)21-28(26,27)14-9-7-13(8-10-14)20-17(23)11-22-18(24)15-5-3-4-6-16(15)19(22)25/h3-4,7-10,12,15-16,21H,5-6,11H2,1-2H3,(H,20,23)/t15-,16-/m1/s1. The van der Waals surface area contributed by atoms with E-state index in [1.165, 1.54) is 24.3 Å². The SMILES string of the molecule is CC(C)NS(=O)(=O)c1ccc(NC(=O)CN2C(=O)[C@@H]3CC=CC[C@H]3C2=O)cc1. The molecule has 8 nitrogen and oxygen atoms in total. The Balaban J connectivity index is 1.63. The van der Waals surface area contributed by atoms with Crippen molar-refractivity contribution >= 4 is 33.4 Å². The van der Waals surface area contributed by atoms with Crippen molar-refractivity contribution in [3.63, 3.8) is 0 Å². The Labute approximate surface area is 164 Å². The van der Waals surface area contributed by atoms with Crippen molar-refractivity contribution in [1.29, 1.82) is 0 Å². The molecule has 9 heteroatoms. The number of amides is 3. The van der Waals surface area contributed by atoms with Crippen LogP contribution in [0.25, 0.3) is 0 Å². The molecule has 3 rings (SSSR count). The summed E-state index contributed by atoms with van der Waals surface area (Å²) >= 11 is 0. The van der Waals surface area contributed by atoms with Gasteiger partial charge in [0.15, 0.2) is 0 Å². The number of allylic oxidation sites excluding steroid dienone is 2. The molecule has 1 aliphatic heterocycles. The van der Waals surface area contributed by atoms with E-state index in [-0.39, 0.29) is 41.1 Å². The van der Waals surface area contributed by atoms with Crippen LogP contribution in [0.3, 0.4) is 0 Å². The zero-order valence-corrected chi connectivity index (χ0v) is 16.5. The first-order valence-electron chi connectivity index (χ1n) is 9.11. The van der Waals surface area contributed by atoms with Crippen molar-refractivity contribution in [3.8, 4) is 0 Å². The largest absolute Gasteiger partial charge is 0.325 e. The average Bonchev–Trinajstić information content (AvgIpc) is 2.86. The van der Waals surface area contributed by atoms with Crippen LogP contribution >= 0.6 is 0 Å². The Hall–Kier alpha value is -2.52. The van der Waals surface area contributed by atoms with Gasteiger partial charge in [-0.3, -0.25) is 19.3 Å². The molecular formula is C19H23N3O5S. The van der Waals surface area contributed by atoms with Crippen LogP contribution in [0.15, 0.2) is 41.3 Å². The third-order valence-electron chi connectivity index (χ3n) is 4.74. The molecule has 28 heavy (non-hydrogen) atoms. The summed E-state index contributed by atoms with van der Waals surface area (Å²) in [6.07, 6.45) is 4.82. The number of likely N-dealkylation sites (tertiary alicyclic amines) is 1. The number of hydrogen-bond acceptors (Lipinski definition) is 5. The lowest BCUT2D eigenvalue weighted by Crippen LogP contribution is -2.38. The molecule has 1 heterocycles. The molecule has 3 amide bonds. The maximum atomic E-state index is 12.4. The third kappa shape index (κ3) is 4.15. The van der Waals surface area contributed by atoms with Gasteiger partial charge in [0.25, 0.3) is 0 Å². The maximum Gasteiger partial charge on any atom is 0.244 e. The molecule has 0 bridgehead atoms. The Bertz CT molecular complexity index is 895. The Morgan fingerprint density at radius 2 is 1.61 bits per heavy atom.